The normalized spacial score (nSPS) is 16.1. The molecule has 460 valence electrons. The van der Waals surface area contributed by atoms with Gasteiger partial charge in [-0.05, 0) is 50.7 Å². The van der Waals surface area contributed by atoms with Gasteiger partial charge in [0.25, 0.3) is 0 Å². The van der Waals surface area contributed by atoms with Crippen LogP contribution in [-0.4, -0.2) is 195 Å². The van der Waals surface area contributed by atoms with E-state index in [1.165, 1.54) is 20.8 Å². The third-order valence-electron chi connectivity index (χ3n) is 13.3. The molecule has 11 amide bonds. The molecule has 0 aliphatic rings. The second-order valence-corrected chi connectivity index (χ2v) is 20.1. The number of carboxylic acid groups (broad SMARTS) is 1. The van der Waals surface area contributed by atoms with Gasteiger partial charge in [-0.25, -0.2) is 4.79 Å². The number of hydrogen-bond donors (Lipinski definition) is 17. The molecule has 2 rings (SSSR count). The van der Waals surface area contributed by atoms with E-state index in [1.54, 1.807) is 81.4 Å². The Morgan fingerprint density at radius 3 is 1.13 bits per heavy atom. The summed E-state index contributed by atoms with van der Waals surface area (Å²) < 4.78 is 0. The Bertz CT molecular complexity index is 2520. The Hall–Kier alpha value is -8.12. The number of hydrogen-bond acceptors (Lipinski definition) is 17. The van der Waals surface area contributed by atoms with E-state index in [2.05, 4.69) is 53.2 Å². The molecule has 0 fully saturated rings. The maximum Gasteiger partial charge on any atom is 0.328 e. The Labute approximate surface area is 480 Å². The summed E-state index contributed by atoms with van der Waals surface area (Å²) >= 11 is 0. The topological polar surface area (TPSA) is 464 Å². The number of rotatable bonds is 35. The van der Waals surface area contributed by atoms with Gasteiger partial charge in [0.05, 0.1) is 44.6 Å². The zero-order valence-electron chi connectivity index (χ0n) is 47.7. The first-order chi connectivity index (χ1) is 39.1. The smallest absolute Gasteiger partial charge is 0.328 e. The van der Waals surface area contributed by atoms with Gasteiger partial charge in [-0.3, -0.25) is 52.7 Å². The van der Waals surface area contributed by atoms with E-state index in [1.807, 2.05) is 12.2 Å². The van der Waals surface area contributed by atoms with Crippen LogP contribution in [0, 0.1) is 11.8 Å². The summed E-state index contributed by atoms with van der Waals surface area (Å²) in [5.41, 5.74) is 7.16. The summed E-state index contributed by atoms with van der Waals surface area (Å²) in [5.74, 6) is -12.8. The predicted octanol–water partition coefficient (Wildman–Crippen LogP) is -5.64. The van der Waals surface area contributed by atoms with Gasteiger partial charge in [0, 0.05) is 12.8 Å². The van der Waals surface area contributed by atoms with E-state index in [0.29, 0.717) is 17.5 Å². The van der Waals surface area contributed by atoms with Gasteiger partial charge >= 0.3 is 5.97 Å². The lowest BCUT2D eigenvalue weighted by molar-refractivity contribution is -0.143. The van der Waals surface area contributed by atoms with Crippen molar-refractivity contribution in [1.29, 1.82) is 0 Å². The minimum absolute atomic E-state index is 0.0883. The zero-order chi connectivity index (χ0) is 62.7. The van der Waals surface area contributed by atoms with Crippen LogP contribution in [0.5, 0.6) is 0 Å². The molecule has 2 aromatic carbocycles. The van der Waals surface area contributed by atoms with Crippen molar-refractivity contribution in [1.82, 2.24) is 58.5 Å². The van der Waals surface area contributed by atoms with Crippen molar-refractivity contribution in [2.24, 2.45) is 17.6 Å². The van der Waals surface area contributed by atoms with E-state index in [4.69, 9.17) is 10.8 Å². The standard InChI is InChI=1S/C54H82N12O17/c1-9-27(3)41(55)50(78)65-43(31(7)69)52(80)60-35(21-33-17-13-11-14-18-33)47(75)56-23-39(71)58-29(5)45(73)62-37(25-67)49(77)64-42(28(4)10-2)51(79)66-44(32(8)70)53(81)61-36(22-34-19-15-12-16-20-34)48(76)57-24-40(72)59-30(6)46(74)63-38(26-68)54(82)83/h11-20,27-32,35-38,41-44,67-70H,9-10,21-26,55H2,1-8H3,(H,56,75)(H,57,76)(H,58,71)(H,59,72)(H,60,80)(H,61,81)(H,62,73)(H,63,74)(H,64,77)(H,65,78)(H,66,79)(H,82,83)/t27-,28-,29-,30-,31+,32+,35-,36-,37-,38-,41-,42-,43-,44-/m0/s1. The molecule has 0 saturated heterocycles. The monoisotopic (exact) mass is 1170 g/mol. The first kappa shape index (κ1) is 71.0. The molecule has 18 N–H and O–H groups in total. The van der Waals surface area contributed by atoms with Gasteiger partial charge in [0.2, 0.25) is 65.0 Å². The molecule has 2 aromatic rings. The molecule has 14 atom stereocenters. The van der Waals surface area contributed by atoms with Gasteiger partial charge in [-0.1, -0.05) is 101 Å². The van der Waals surface area contributed by atoms with Crippen molar-refractivity contribution >= 4 is 70.9 Å². The molecule has 0 radical (unpaired) electrons. The minimum Gasteiger partial charge on any atom is -0.480 e. The molecule has 0 aliphatic heterocycles. The second-order valence-electron chi connectivity index (χ2n) is 20.1. The van der Waals surface area contributed by atoms with Gasteiger partial charge in [0.15, 0.2) is 0 Å². The van der Waals surface area contributed by atoms with Gasteiger partial charge in [-0.2, -0.15) is 0 Å². The largest absolute Gasteiger partial charge is 0.480 e. The van der Waals surface area contributed by atoms with Crippen molar-refractivity contribution < 1.29 is 83.1 Å². The van der Waals surface area contributed by atoms with Crippen molar-refractivity contribution in [2.75, 3.05) is 26.3 Å². The van der Waals surface area contributed by atoms with E-state index in [0.717, 1.165) is 6.92 Å². The van der Waals surface area contributed by atoms with Crippen LogP contribution in [0.4, 0.5) is 0 Å². The lowest BCUT2D eigenvalue weighted by atomic mass is 9.97. The van der Waals surface area contributed by atoms with Gasteiger partial charge < -0.3 is 89.8 Å². The number of aliphatic hydroxyl groups excluding tert-OH is 4. The minimum atomic E-state index is -1.77. The Balaban J connectivity index is 2.16. The number of aliphatic carboxylic acids is 1. The number of amides is 11. The fourth-order valence-electron chi connectivity index (χ4n) is 7.68. The summed E-state index contributed by atoms with van der Waals surface area (Å²) in [4.78, 5) is 158. The van der Waals surface area contributed by atoms with Gasteiger partial charge in [0.1, 0.15) is 54.4 Å². The quantitative estimate of drug-likeness (QED) is 0.0306. The van der Waals surface area contributed by atoms with Crippen molar-refractivity contribution in [2.45, 2.75) is 154 Å². The number of nitrogens with one attached hydrogen (secondary N) is 11. The SMILES string of the molecule is CC[C@H](C)[C@H](N)C(=O)N[C@H](C(=O)N[C@@H](Cc1ccccc1)C(=O)NCC(=O)N[C@@H](C)C(=O)N[C@@H](CO)C(=O)N[C@H](C(=O)N[C@H](C(=O)N[C@@H](Cc1ccccc1)C(=O)NCC(=O)N[C@@H](C)C(=O)N[C@@H](CO)C(=O)O)[C@@H](C)O)[C@@H](C)CC)[C@@H](C)O. The maximum atomic E-state index is 13.9. The van der Waals surface area contributed by atoms with Crippen LogP contribution in [0.1, 0.15) is 79.4 Å². The summed E-state index contributed by atoms with van der Waals surface area (Å²) in [6, 6.07) is 2.11. The molecular weight excluding hydrogens is 1090 g/mol. The number of carbonyl (C=O) groups is 12. The highest BCUT2D eigenvalue weighted by Crippen LogP contribution is 2.12. The number of aliphatic hydroxyl groups is 4. The maximum absolute atomic E-state index is 13.9. The van der Waals surface area contributed by atoms with Crippen molar-refractivity contribution in [3.63, 3.8) is 0 Å². The molecular formula is C54H82N12O17. The molecule has 29 heteroatoms. The van der Waals surface area contributed by atoms with Crippen LogP contribution < -0.4 is 64.2 Å². The Morgan fingerprint density at radius 1 is 0.422 bits per heavy atom. The lowest BCUT2D eigenvalue weighted by Crippen LogP contribution is -2.62. The summed E-state index contributed by atoms with van der Waals surface area (Å²) in [7, 11) is 0. The fraction of sp³-hybridized carbons (Fsp3) is 0.556. The average Bonchev–Trinajstić information content (AvgIpc) is 3.46. The average molecular weight is 1170 g/mol. The number of carbonyl (C=O) groups excluding carboxylic acids is 11. The second kappa shape index (κ2) is 35.7. The number of carboxylic acids is 1. The third kappa shape index (κ3) is 24.1. The zero-order valence-corrected chi connectivity index (χ0v) is 47.7. The number of benzene rings is 2. The van der Waals surface area contributed by atoms with Crippen LogP contribution in [0.3, 0.4) is 0 Å². The first-order valence-electron chi connectivity index (χ1n) is 27.0. The van der Waals surface area contributed by atoms with Crippen molar-refractivity contribution in [3.05, 3.63) is 71.8 Å². The van der Waals surface area contributed by atoms with Crippen LogP contribution in [0.25, 0.3) is 0 Å². The van der Waals surface area contributed by atoms with Crippen LogP contribution in [-0.2, 0) is 70.4 Å². The van der Waals surface area contributed by atoms with Gasteiger partial charge in [-0.15, -0.1) is 0 Å². The first-order valence-corrected chi connectivity index (χ1v) is 27.0. The Morgan fingerprint density at radius 2 is 0.771 bits per heavy atom. The van der Waals surface area contributed by atoms with E-state index in [9.17, 15) is 78.0 Å². The lowest BCUT2D eigenvalue weighted by Gasteiger charge is -2.29. The predicted molar refractivity (Wildman–Crippen MR) is 297 cm³/mol. The highest BCUT2D eigenvalue weighted by Gasteiger charge is 2.37. The number of nitrogens with two attached hydrogens (primary N) is 1. The Kier molecular flexibility index (Phi) is 30.5. The van der Waals surface area contributed by atoms with Crippen molar-refractivity contribution in [3.8, 4) is 0 Å². The highest BCUT2D eigenvalue weighted by atomic mass is 16.4. The molecule has 29 nitrogen and oxygen atoms in total. The van der Waals surface area contributed by atoms with E-state index in [-0.39, 0.29) is 25.2 Å². The third-order valence-corrected chi connectivity index (χ3v) is 13.3. The highest BCUT2D eigenvalue weighted by molar-refractivity contribution is 5.99. The van der Waals surface area contributed by atoms with E-state index < -0.39 is 176 Å². The molecule has 0 bridgehead atoms. The van der Waals surface area contributed by atoms with Crippen LogP contribution in [0.2, 0.25) is 0 Å². The summed E-state index contributed by atoms with van der Waals surface area (Å²) in [6.45, 7) is 8.28. The molecule has 0 spiro atoms. The summed E-state index contributed by atoms with van der Waals surface area (Å²) in [5, 5.41) is 75.6. The molecule has 0 saturated carbocycles. The summed E-state index contributed by atoms with van der Waals surface area (Å²) in [6.07, 6.45) is -2.49. The fourth-order valence-corrected chi connectivity index (χ4v) is 7.68. The molecule has 0 aromatic heterocycles. The molecule has 0 unspecified atom stereocenters. The molecule has 0 aliphatic carbocycles. The molecule has 83 heavy (non-hydrogen) atoms. The van der Waals surface area contributed by atoms with E-state index >= 15 is 0 Å². The van der Waals surface area contributed by atoms with Crippen LogP contribution >= 0.6 is 0 Å². The molecule has 0 heterocycles. The van der Waals surface area contributed by atoms with Crippen LogP contribution in [0.15, 0.2) is 60.7 Å².